The van der Waals surface area contributed by atoms with E-state index in [1.165, 1.54) is 6.20 Å². The molecule has 0 bridgehead atoms. The van der Waals surface area contributed by atoms with Gasteiger partial charge in [0.15, 0.2) is 5.82 Å². The predicted molar refractivity (Wildman–Crippen MR) is 58.5 cm³/mol. The molecule has 1 aromatic heterocycles. The Morgan fingerprint density at radius 1 is 1.41 bits per heavy atom. The summed E-state index contributed by atoms with van der Waals surface area (Å²) in [4.78, 5) is 1.16. The number of halogens is 3. The molecule has 0 fully saturated rings. The van der Waals surface area contributed by atoms with Crippen molar-refractivity contribution < 1.29 is 13.2 Å². The van der Waals surface area contributed by atoms with Crippen molar-refractivity contribution in [3.8, 4) is 0 Å². The van der Waals surface area contributed by atoms with Crippen LogP contribution in [-0.4, -0.2) is 29.5 Å². The van der Waals surface area contributed by atoms with Gasteiger partial charge in [0.1, 0.15) is 6.54 Å². The van der Waals surface area contributed by atoms with Crippen molar-refractivity contribution in [1.82, 2.24) is 10.2 Å². The molecule has 96 valence electrons. The van der Waals surface area contributed by atoms with E-state index in [9.17, 15) is 13.2 Å². The second kappa shape index (κ2) is 5.81. The third-order valence-corrected chi connectivity index (χ3v) is 2.17. The number of alkyl halides is 3. The summed E-state index contributed by atoms with van der Waals surface area (Å²) in [7, 11) is 0. The summed E-state index contributed by atoms with van der Waals surface area (Å²) >= 11 is 0. The smallest absolute Gasteiger partial charge is 0.346 e. The van der Waals surface area contributed by atoms with E-state index in [0.29, 0.717) is 12.0 Å². The summed E-state index contributed by atoms with van der Waals surface area (Å²) in [5.41, 5.74) is 6.04. The molecule has 0 aliphatic heterocycles. The summed E-state index contributed by atoms with van der Waals surface area (Å²) < 4.78 is 37.3. The van der Waals surface area contributed by atoms with E-state index in [2.05, 4.69) is 10.2 Å². The molecule has 0 atom stereocenters. The van der Waals surface area contributed by atoms with Crippen LogP contribution >= 0.6 is 0 Å². The van der Waals surface area contributed by atoms with Crippen molar-refractivity contribution in [2.75, 3.05) is 18.0 Å². The first-order chi connectivity index (χ1) is 7.98. The van der Waals surface area contributed by atoms with Gasteiger partial charge >= 0.3 is 6.18 Å². The third-order valence-electron chi connectivity index (χ3n) is 2.17. The molecule has 0 saturated carbocycles. The van der Waals surface area contributed by atoms with Gasteiger partial charge in [0, 0.05) is 18.7 Å². The lowest BCUT2D eigenvalue weighted by Crippen LogP contribution is -2.36. The highest BCUT2D eigenvalue weighted by Crippen LogP contribution is 2.22. The molecule has 0 aliphatic rings. The SMILES string of the molecule is CCCN(CC(F)(F)F)c1nnccc1CN. The Bertz CT molecular complexity index is 354. The van der Waals surface area contributed by atoms with Crippen LogP contribution in [0.15, 0.2) is 12.3 Å². The highest BCUT2D eigenvalue weighted by Gasteiger charge is 2.31. The Balaban J connectivity index is 2.96. The Morgan fingerprint density at radius 3 is 2.65 bits per heavy atom. The first-order valence-corrected chi connectivity index (χ1v) is 5.30. The average molecular weight is 248 g/mol. The molecule has 1 aromatic rings. The highest BCUT2D eigenvalue weighted by atomic mass is 19.4. The van der Waals surface area contributed by atoms with E-state index in [1.54, 1.807) is 6.07 Å². The summed E-state index contributed by atoms with van der Waals surface area (Å²) in [5.74, 6) is 0.217. The zero-order valence-corrected chi connectivity index (χ0v) is 9.54. The van der Waals surface area contributed by atoms with Gasteiger partial charge in [-0.1, -0.05) is 6.92 Å². The number of aromatic nitrogens is 2. The lowest BCUT2D eigenvalue weighted by atomic mass is 10.2. The van der Waals surface area contributed by atoms with E-state index in [1.807, 2.05) is 6.92 Å². The molecule has 2 N–H and O–H groups in total. The maximum Gasteiger partial charge on any atom is 0.405 e. The molecule has 0 amide bonds. The number of nitrogens with zero attached hydrogens (tertiary/aromatic N) is 3. The van der Waals surface area contributed by atoms with Gasteiger partial charge in [0.25, 0.3) is 0 Å². The maximum atomic E-state index is 12.4. The van der Waals surface area contributed by atoms with Crippen molar-refractivity contribution >= 4 is 5.82 Å². The molecule has 1 heterocycles. The van der Waals surface area contributed by atoms with E-state index < -0.39 is 12.7 Å². The number of anilines is 1. The average Bonchev–Trinajstić information content (AvgIpc) is 2.27. The van der Waals surface area contributed by atoms with Crippen LogP contribution < -0.4 is 10.6 Å². The second-order valence-corrected chi connectivity index (χ2v) is 3.62. The monoisotopic (exact) mass is 248 g/mol. The minimum atomic E-state index is -4.27. The van der Waals surface area contributed by atoms with E-state index in [0.717, 1.165) is 4.90 Å². The lowest BCUT2D eigenvalue weighted by Gasteiger charge is -2.25. The summed E-state index contributed by atoms with van der Waals surface area (Å²) in [6.07, 6.45) is -2.25. The molecule has 7 heteroatoms. The Morgan fingerprint density at radius 2 is 2.12 bits per heavy atom. The zero-order valence-electron chi connectivity index (χ0n) is 9.54. The minimum Gasteiger partial charge on any atom is -0.346 e. The number of hydrogen-bond donors (Lipinski definition) is 1. The molecule has 1 rings (SSSR count). The molecule has 0 spiro atoms. The maximum absolute atomic E-state index is 12.4. The standard InChI is InChI=1S/C10H15F3N4/c1-2-5-17(7-10(11,12)13)9-8(6-14)3-4-15-16-9/h3-4H,2,5-7,14H2,1H3. The van der Waals surface area contributed by atoms with E-state index >= 15 is 0 Å². The lowest BCUT2D eigenvalue weighted by molar-refractivity contribution is -0.119. The van der Waals surface area contributed by atoms with Gasteiger partial charge in [-0.2, -0.15) is 18.3 Å². The van der Waals surface area contributed by atoms with Gasteiger partial charge in [0.05, 0.1) is 6.20 Å². The highest BCUT2D eigenvalue weighted by molar-refractivity contribution is 5.45. The zero-order chi connectivity index (χ0) is 12.9. The van der Waals surface area contributed by atoms with Gasteiger partial charge in [-0.05, 0) is 12.5 Å². The molecule has 17 heavy (non-hydrogen) atoms. The first kappa shape index (κ1) is 13.7. The molecule has 0 radical (unpaired) electrons. The molecular formula is C10H15F3N4. The van der Waals surface area contributed by atoms with Crippen LogP contribution in [0.25, 0.3) is 0 Å². The fourth-order valence-electron chi connectivity index (χ4n) is 1.52. The van der Waals surface area contributed by atoms with Crippen LogP contribution in [0.2, 0.25) is 0 Å². The van der Waals surface area contributed by atoms with Gasteiger partial charge < -0.3 is 10.6 Å². The van der Waals surface area contributed by atoms with E-state index in [4.69, 9.17) is 5.73 Å². The quantitative estimate of drug-likeness (QED) is 0.862. The first-order valence-electron chi connectivity index (χ1n) is 5.30. The van der Waals surface area contributed by atoms with E-state index in [-0.39, 0.29) is 18.9 Å². The van der Waals surface area contributed by atoms with Crippen molar-refractivity contribution in [2.24, 2.45) is 5.73 Å². The Kier molecular flexibility index (Phi) is 4.68. The van der Waals surface area contributed by atoms with Gasteiger partial charge in [-0.3, -0.25) is 0 Å². The van der Waals surface area contributed by atoms with Crippen LogP contribution in [-0.2, 0) is 6.54 Å². The van der Waals surface area contributed by atoms with Gasteiger partial charge in [-0.15, -0.1) is 5.10 Å². The molecule has 0 saturated heterocycles. The third kappa shape index (κ3) is 4.18. The molecule has 0 unspecified atom stereocenters. The van der Waals surface area contributed by atoms with Crippen molar-refractivity contribution in [2.45, 2.75) is 26.1 Å². The van der Waals surface area contributed by atoms with Crippen molar-refractivity contribution in [1.29, 1.82) is 0 Å². The Hall–Kier alpha value is -1.37. The molecule has 0 aliphatic carbocycles. The second-order valence-electron chi connectivity index (χ2n) is 3.62. The Labute approximate surface area is 97.6 Å². The predicted octanol–water partition coefficient (Wildman–Crippen LogP) is 1.71. The largest absolute Gasteiger partial charge is 0.405 e. The van der Waals surface area contributed by atoms with Crippen molar-refractivity contribution in [3.63, 3.8) is 0 Å². The van der Waals surface area contributed by atoms with Crippen LogP contribution in [0.1, 0.15) is 18.9 Å². The summed E-state index contributed by atoms with van der Waals surface area (Å²) in [6, 6.07) is 1.58. The van der Waals surface area contributed by atoms with Gasteiger partial charge in [-0.25, -0.2) is 0 Å². The van der Waals surface area contributed by atoms with Crippen LogP contribution in [0.5, 0.6) is 0 Å². The number of rotatable bonds is 5. The van der Waals surface area contributed by atoms with Gasteiger partial charge in [0.2, 0.25) is 0 Å². The molecule has 4 nitrogen and oxygen atoms in total. The molecule has 0 aromatic carbocycles. The summed E-state index contributed by atoms with van der Waals surface area (Å²) in [5, 5.41) is 7.36. The minimum absolute atomic E-state index is 0.142. The van der Waals surface area contributed by atoms with Crippen LogP contribution in [0.3, 0.4) is 0 Å². The number of hydrogen-bond acceptors (Lipinski definition) is 4. The normalized spacial score (nSPS) is 11.6. The topological polar surface area (TPSA) is 55.0 Å². The fourth-order valence-corrected chi connectivity index (χ4v) is 1.52. The van der Waals surface area contributed by atoms with Crippen molar-refractivity contribution in [3.05, 3.63) is 17.8 Å². The number of nitrogens with two attached hydrogens (primary N) is 1. The van der Waals surface area contributed by atoms with Crippen LogP contribution in [0, 0.1) is 0 Å². The van der Waals surface area contributed by atoms with Crippen LogP contribution in [0.4, 0.5) is 19.0 Å². The summed E-state index contributed by atoms with van der Waals surface area (Å²) in [6.45, 7) is 1.18. The fraction of sp³-hybridized carbons (Fsp3) is 0.600. The molecular weight excluding hydrogens is 233 g/mol.